The summed E-state index contributed by atoms with van der Waals surface area (Å²) in [5, 5.41) is 2.70. The van der Waals surface area contributed by atoms with Gasteiger partial charge in [-0.25, -0.2) is 4.79 Å². The Morgan fingerprint density at radius 3 is 2.48 bits per heavy atom. The lowest BCUT2D eigenvalue weighted by Crippen LogP contribution is -2.40. The van der Waals surface area contributed by atoms with Crippen molar-refractivity contribution in [3.8, 4) is 0 Å². The molecule has 1 unspecified atom stereocenters. The van der Waals surface area contributed by atoms with Crippen molar-refractivity contribution in [3.63, 3.8) is 0 Å². The van der Waals surface area contributed by atoms with Gasteiger partial charge in [-0.2, -0.15) is 0 Å². The number of ether oxygens (including phenoxy) is 2. The quantitative estimate of drug-likeness (QED) is 0.703. The molecule has 1 aromatic rings. The fourth-order valence-corrected chi connectivity index (χ4v) is 3.32. The van der Waals surface area contributed by atoms with E-state index in [9.17, 15) is 9.59 Å². The van der Waals surface area contributed by atoms with Gasteiger partial charge in [0.2, 0.25) is 0 Å². The molecule has 1 aromatic heterocycles. The summed E-state index contributed by atoms with van der Waals surface area (Å²) in [6.45, 7) is 5.73. The number of hydrogen-bond donors (Lipinski definition) is 1. The van der Waals surface area contributed by atoms with E-state index in [2.05, 4.69) is 5.32 Å². The average Bonchev–Trinajstić information content (AvgIpc) is 2.72. The molecule has 1 rings (SSSR count). The van der Waals surface area contributed by atoms with Crippen LogP contribution in [0.15, 0.2) is 6.07 Å². The monoisotopic (exact) mass is 381 g/mol. The van der Waals surface area contributed by atoms with Crippen molar-refractivity contribution >= 4 is 46.4 Å². The highest BCUT2D eigenvalue weighted by Crippen LogP contribution is 2.32. The molecule has 0 saturated carbocycles. The molecule has 1 heterocycles. The second-order valence-corrected chi connectivity index (χ2v) is 8.28. The van der Waals surface area contributed by atoms with E-state index in [1.54, 1.807) is 27.9 Å². The first-order valence-corrected chi connectivity index (χ1v) is 8.66. The highest BCUT2D eigenvalue weighted by atomic mass is 35.5. The number of alkyl carbamates (subject to hydrolysis) is 1. The van der Waals surface area contributed by atoms with Crippen LogP contribution in [0.1, 0.15) is 44.0 Å². The van der Waals surface area contributed by atoms with Crippen molar-refractivity contribution in [2.24, 2.45) is 0 Å². The van der Waals surface area contributed by atoms with Crippen LogP contribution in [0, 0.1) is 0 Å². The highest BCUT2D eigenvalue weighted by molar-refractivity contribution is 7.20. The van der Waals surface area contributed by atoms with E-state index in [1.165, 1.54) is 6.07 Å². The van der Waals surface area contributed by atoms with Crippen LogP contribution in [0.3, 0.4) is 0 Å². The Morgan fingerprint density at radius 2 is 2.00 bits per heavy atom. The Hall–Kier alpha value is -0.820. The normalized spacial score (nSPS) is 12.8. The molecule has 0 aromatic carbocycles. The number of halogens is 2. The number of rotatable bonds is 7. The molecule has 0 bridgehead atoms. The van der Waals surface area contributed by atoms with Crippen LogP contribution in [-0.4, -0.2) is 37.2 Å². The lowest BCUT2D eigenvalue weighted by molar-refractivity contribution is 0.0490. The predicted octanol–water partition coefficient (Wildman–Crippen LogP) is 4.56. The van der Waals surface area contributed by atoms with Gasteiger partial charge in [-0.3, -0.25) is 4.79 Å². The number of hydrogen-bond acceptors (Lipinski definition) is 5. The number of Topliss-reactive ketones (excluding diaryl/α,β-unsaturated/α-hetero) is 1. The third-order valence-corrected chi connectivity index (χ3v) is 4.27. The Balaban J connectivity index is 2.72. The average molecular weight is 382 g/mol. The first-order chi connectivity index (χ1) is 10.6. The van der Waals surface area contributed by atoms with E-state index >= 15 is 0 Å². The van der Waals surface area contributed by atoms with Gasteiger partial charge in [-0.1, -0.05) is 23.2 Å². The number of methoxy groups -OCH3 is 1. The zero-order valence-electron chi connectivity index (χ0n) is 13.6. The van der Waals surface area contributed by atoms with Crippen LogP contribution < -0.4 is 5.32 Å². The maximum absolute atomic E-state index is 12.3. The van der Waals surface area contributed by atoms with Crippen LogP contribution >= 0.6 is 34.5 Å². The molecule has 0 spiro atoms. The fraction of sp³-hybridized carbons (Fsp3) is 0.600. The summed E-state index contributed by atoms with van der Waals surface area (Å²) in [4.78, 5) is 24.2. The molecule has 0 aliphatic rings. The minimum atomic E-state index is -0.607. The molecular weight excluding hydrogens is 361 g/mol. The van der Waals surface area contributed by atoms with E-state index < -0.39 is 17.7 Å². The number of ketones is 1. The molecule has 0 saturated heterocycles. The lowest BCUT2D eigenvalue weighted by Gasteiger charge is -2.23. The lowest BCUT2D eigenvalue weighted by atomic mass is 10.0. The van der Waals surface area contributed by atoms with Gasteiger partial charge in [0.25, 0.3) is 0 Å². The molecular formula is C15H21Cl2NO4S. The van der Waals surface area contributed by atoms with Gasteiger partial charge in [0.15, 0.2) is 5.78 Å². The van der Waals surface area contributed by atoms with Crippen molar-refractivity contribution in [2.75, 3.05) is 13.7 Å². The number of carbonyl (C=O) groups excluding carboxylic acids is 2. The molecule has 23 heavy (non-hydrogen) atoms. The largest absolute Gasteiger partial charge is 0.444 e. The van der Waals surface area contributed by atoms with Crippen molar-refractivity contribution in [2.45, 2.75) is 45.3 Å². The Labute approximate surface area is 150 Å². The first-order valence-electron chi connectivity index (χ1n) is 7.09. The molecule has 0 aliphatic carbocycles. The molecule has 0 aliphatic heterocycles. The van der Waals surface area contributed by atoms with Gasteiger partial charge in [0, 0.05) is 31.7 Å². The van der Waals surface area contributed by atoms with E-state index in [0.29, 0.717) is 27.3 Å². The van der Waals surface area contributed by atoms with Gasteiger partial charge >= 0.3 is 6.09 Å². The van der Waals surface area contributed by atoms with Gasteiger partial charge < -0.3 is 14.8 Å². The van der Waals surface area contributed by atoms with Gasteiger partial charge in [-0.15, -0.1) is 11.3 Å². The van der Waals surface area contributed by atoms with Crippen molar-refractivity contribution in [1.82, 2.24) is 5.32 Å². The molecule has 1 atom stereocenters. The van der Waals surface area contributed by atoms with E-state index in [1.807, 2.05) is 0 Å². The summed E-state index contributed by atoms with van der Waals surface area (Å²) in [7, 11) is 1.56. The summed E-state index contributed by atoms with van der Waals surface area (Å²) in [5.74, 6) is -0.185. The van der Waals surface area contributed by atoms with E-state index in [-0.39, 0.29) is 12.2 Å². The van der Waals surface area contributed by atoms with Crippen molar-refractivity contribution in [3.05, 3.63) is 20.3 Å². The molecule has 8 heteroatoms. The number of carbonyl (C=O) groups is 2. The molecule has 130 valence electrons. The van der Waals surface area contributed by atoms with Crippen molar-refractivity contribution in [1.29, 1.82) is 0 Å². The molecule has 0 fully saturated rings. The van der Waals surface area contributed by atoms with Gasteiger partial charge in [0.05, 0.1) is 4.34 Å². The Bertz CT molecular complexity index is 554. The van der Waals surface area contributed by atoms with Crippen molar-refractivity contribution < 1.29 is 19.1 Å². The molecule has 1 N–H and O–H groups in total. The Morgan fingerprint density at radius 1 is 1.35 bits per heavy atom. The van der Waals surface area contributed by atoms with Crippen LogP contribution in [0.2, 0.25) is 8.67 Å². The maximum Gasteiger partial charge on any atom is 0.407 e. The van der Waals surface area contributed by atoms with Crippen LogP contribution in [-0.2, 0) is 9.47 Å². The fourth-order valence-electron chi connectivity index (χ4n) is 1.82. The van der Waals surface area contributed by atoms with E-state index in [0.717, 1.165) is 11.3 Å². The van der Waals surface area contributed by atoms with Gasteiger partial charge in [-0.05, 0) is 33.3 Å². The summed E-state index contributed by atoms with van der Waals surface area (Å²) < 4.78 is 11.0. The topological polar surface area (TPSA) is 64.6 Å². The molecule has 1 amide bonds. The number of amides is 1. The van der Waals surface area contributed by atoms with Gasteiger partial charge in [0.1, 0.15) is 9.94 Å². The Kier molecular flexibility index (Phi) is 7.80. The van der Waals surface area contributed by atoms with Crippen LogP contribution in [0.25, 0.3) is 0 Å². The second-order valence-electron chi connectivity index (χ2n) is 5.99. The summed E-state index contributed by atoms with van der Waals surface area (Å²) in [6, 6.07) is 1.13. The van der Waals surface area contributed by atoms with E-state index in [4.69, 9.17) is 32.7 Å². The predicted molar refractivity (Wildman–Crippen MR) is 92.9 cm³/mol. The molecule has 0 radical (unpaired) electrons. The number of nitrogens with one attached hydrogen (secondary N) is 1. The maximum atomic E-state index is 12.3. The minimum Gasteiger partial charge on any atom is -0.444 e. The van der Waals surface area contributed by atoms with Crippen LogP contribution in [0.5, 0.6) is 0 Å². The smallest absolute Gasteiger partial charge is 0.407 e. The summed E-state index contributed by atoms with van der Waals surface area (Å²) >= 11 is 13.0. The second kappa shape index (κ2) is 8.87. The zero-order chi connectivity index (χ0) is 17.6. The number of thiophene rings is 1. The first kappa shape index (κ1) is 20.2. The minimum absolute atomic E-state index is 0.0926. The molecule has 5 nitrogen and oxygen atoms in total. The highest BCUT2D eigenvalue weighted by Gasteiger charge is 2.23. The van der Waals surface area contributed by atoms with Crippen LogP contribution in [0.4, 0.5) is 4.79 Å². The zero-order valence-corrected chi connectivity index (χ0v) is 15.9. The third-order valence-electron chi connectivity index (χ3n) is 2.78. The standard InChI is InChI=1S/C15H21Cl2NO4S/c1-15(2,3)22-14(20)18-9(5-6-21-4)7-11(19)10-8-12(16)23-13(10)17/h8-9H,5-7H2,1-4H3,(H,18,20). The summed E-state index contributed by atoms with van der Waals surface area (Å²) in [5.41, 5.74) is -0.237. The third kappa shape index (κ3) is 7.52. The SMILES string of the molecule is COCCC(CC(=O)c1cc(Cl)sc1Cl)NC(=O)OC(C)(C)C. The summed E-state index contributed by atoms with van der Waals surface area (Å²) in [6.07, 6.45) is 0.00709.